The lowest BCUT2D eigenvalue weighted by Crippen LogP contribution is -2.39. The van der Waals surface area contributed by atoms with Crippen molar-refractivity contribution in [2.24, 2.45) is 0 Å². The summed E-state index contributed by atoms with van der Waals surface area (Å²) in [4.78, 5) is 6.41. The van der Waals surface area contributed by atoms with E-state index in [2.05, 4.69) is 20.8 Å². The van der Waals surface area contributed by atoms with Gasteiger partial charge in [0.05, 0.1) is 6.26 Å². The average Bonchev–Trinajstić information content (AvgIpc) is 2.90. The number of hydrogen-bond donors (Lipinski definition) is 0. The van der Waals surface area contributed by atoms with E-state index in [-0.39, 0.29) is 0 Å². The summed E-state index contributed by atoms with van der Waals surface area (Å²) in [7, 11) is -0.545. The van der Waals surface area contributed by atoms with Crippen molar-refractivity contribution in [2.45, 2.75) is 53.6 Å². The van der Waals surface area contributed by atoms with Crippen LogP contribution in [0.5, 0.6) is 5.75 Å². The third-order valence-corrected chi connectivity index (χ3v) is 16.1. The fourth-order valence-electron chi connectivity index (χ4n) is 4.52. The quantitative estimate of drug-likeness (QED) is 0.210. The second kappa shape index (κ2) is 12.2. The molecule has 0 heterocycles. The summed E-state index contributed by atoms with van der Waals surface area (Å²) < 4.78 is 38.8. The Hall–Kier alpha value is -2.46. The zero-order valence-electron chi connectivity index (χ0n) is 23.9. The van der Waals surface area contributed by atoms with Gasteiger partial charge in [-0.1, -0.05) is 26.8 Å². The Bertz CT molecular complexity index is 1250. The highest BCUT2D eigenvalue weighted by molar-refractivity contribution is 8.33. The van der Waals surface area contributed by atoms with Gasteiger partial charge in [0, 0.05) is 54.3 Å². The number of hydrogen-bond acceptors (Lipinski definition) is 6. The maximum Gasteiger partial charge on any atom is 0.274 e. The Balaban J connectivity index is 2.33. The standard InChI is InChI=1S/C29H42N2O4S2Si/c1-9-38(10-2,11-3)34-26-13-12-14-29(23-26)37(35-36(8,32)33,27-19-15-24(16-20-27)30(4)5)28-21-17-25(18-22-28)31(6)7/h12-23H,9-11H2,1-8H3. The van der Waals surface area contributed by atoms with Crippen LogP contribution in [0.3, 0.4) is 0 Å². The molecule has 3 aromatic carbocycles. The number of nitrogens with zero attached hydrogens (tertiary/aromatic N) is 2. The van der Waals surface area contributed by atoms with E-state index in [0.29, 0.717) is 0 Å². The molecule has 0 amide bonds. The normalized spacial score (nSPS) is 12.7. The van der Waals surface area contributed by atoms with Gasteiger partial charge in [0.2, 0.25) is 8.32 Å². The van der Waals surface area contributed by atoms with Crippen LogP contribution in [0, 0.1) is 0 Å². The Morgan fingerprint density at radius 2 is 1.13 bits per heavy atom. The van der Waals surface area contributed by atoms with Crippen molar-refractivity contribution < 1.29 is 16.5 Å². The molecule has 0 aliphatic heterocycles. The van der Waals surface area contributed by atoms with Crippen LogP contribution < -0.4 is 14.2 Å². The van der Waals surface area contributed by atoms with E-state index in [0.717, 1.165) is 56.2 Å². The topological polar surface area (TPSA) is 59.1 Å². The molecule has 6 nitrogen and oxygen atoms in total. The van der Waals surface area contributed by atoms with Gasteiger partial charge in [-0.25, -0.2) is 3.63 Å². The Morgan fingerprint density at radius 3 is 1.50 bits per heavy atom. The first-order valence-electron chi connectivity index (χ1n) is 13.0. The van der Waals surface area contributed by atoms with Crippen LogP contribution in [-0.4, -0.2) is 51.2 Å². The first-order chi connectivity index (χ1) is 17.9. The first kappa shape index (κ1) is 30.1. The van der Waals surface area contributed by atoms with Crippen molar-refractivity contribution in [1.29, 1.82) is 0 Å². The summed E-state index contributed by atoms with van der Waals surface area (Å²) in [6, 6.07) is 26.8. The Kier molecular flexibility index (Phi) is 9.62. The lowest BCUT2D eigenvalue weighted by molar-refractivity contribution is 0.513. The Labute approximate surface area is 232 Å². The summed E-state index contributed by atoms with van der Waals surface area (Å²) in [5.41, 5.74) is 2.04. The van der Waals surface area contributed by atoms with Crippen LogP contribution in [0.15, 0.2) is 87.5 Å². The van der Waals surface area contributed by atoms with E-state index in [1.54, 1.807) is 0 Å². The second-order valence-electron chi connectivity index (χ2n) is 9.93. The molecule has 0 saturated carbocycles. The molecule has 0 atom stereocenters. The van der Waals surface area contributed by atoms with Gasteiger partial charge in [0.1, 0.15) is 5.75 Å². The molecule has 0 unspecified atom stereocenters. The maximum atomic E-state index is 12.9. The predicted molar refractivity (Wildman–Crippen MR) is 164 cm³/mol. The summed E-state index contributed by atoms with van der Waals surface area (Å²) in [5, 5.41) is 0. The lowest BCUT2D eigenvalue weighted by atomic mass is 10.3. The molecule has 3 aromatic rings. The number of anilines is 2. The SMILES string of the molecule is CC[Si](CC)(CC)Oc1cccc(S(OS(C)(=O)=O)(c2ccc(N(C)C)cc2)c2ccc(N(C)C)cc2)c1. The first-order valence-corrected chi connectivity index (χ1v) is 18.9. The largest absolute Gasteiger partial charge is 0.543 e. The molecule has 0 fully saturated rings. The van der Waals surface area contributed by atoms with Crippen molar-refractivity contribution in [3.05, 3.63) is 72.8 Å². The monoisotopic (exact) mass is 574 g/mol. The smallest absolute Gasteiger partial charge is 0.274 e. The molecule has 0 spiro atoms. The molecule has 0 aliphatic rings. The highest BCUT2D eigenvalue weighted by Gasteiger charge is 2.37. The minimum atomic E-state index is -3.86. The summed E-state index contributed by atoms with van der Waals surface area (Å²) in [6.45, 7) is 6.60. The lowest BCUT2D eigenvalue weighted by Gasteiger charge is -2.40. The van der Waals surface area contributed by atoms with Crippen LogP contribution >= 0.6 is 10.3 Å². The third-order valence-electron chi connectivity index (χ3n) is 7.00. The van der Waals surface area contributed by atoms with Crippen LogP contribution in [0.25, 0.3) is 0 Å². The van der Waals surface area contributed by atoms with Gasteiger partial charge in [0.15, 0.2) is 0 Å². The van der Waals surface area contributed by atoms with Crippen molar-refractivity contribution in [3.63, 3.8) is 0 Å². The summed E-state index contributed by atoms with van der Waals surface area (Å²) in [6.07, 6.45) is 1.13. The zero-order chi connectivity index (χ0) is 28.1. The van der Waals surface area contributed by atoms with Crippen molar-refractivity contribution >= 4 is 40.1 Å². The van der Waals surface area contributed by atoms with Gasteiger partial charge >= 0.3 is 0 Å². The fraction of sp³-hybridized carbons (Fsp3) is 0.379. The molecular weight excluding hydrogens is 533 g/mol. The van der Waals surface area contributed by atoms with E-state index < -0.39 is 28.7 Å². The molecule has 208 valence electrons. The van der Waals surface area contributed by atoms with Gasteiger partial charge in [0.25, 0.3) is 10.1 Å². The van der Waals surface area contributed by atoms with Crippen molar-refractivity contribution in [3.8, 4) is 5.75 Å². The summed E-state index contributed by atoms with van der Waals surface area (Å²) in [5.74, 6) is 0.767. The van der Waals surface area contributed by atoms with Crippen molar-refractivity contribution in [1.82, 2.24) is 0 Å². The molecule has 0 saturated heterocycles. The van der Waals surface area contributed by atoms with Gasteiger partial charge in [-0.15, -0.1) is 0 Å². The fourth-order valence-corrected chi connectivity index (χ4v) is 11.9. The molecule has 9 heteroatoms. The molecule has 0 radical (unpaired) electrons. The van der Waals surface area contributed by atoms with E-state index in [1.165, 1.54) is 0 Å². The Morgan fingerprint density at radius 1 is 0.684 bits per heavy atom. The van der Waals surface area contributed by atoms with Crippen molar-refractivity contribution in [2.75, 3.05) is 44.2 Å². The van der Waals surface area contributed by atoms with Gasteiger partial charge in [-0.05, 0) is 95.2 Å². The van der Waals surface area contributed by atoms with Gasteiger partial charge < -0.3 is 14.2 Å². The maximum absolute atomic E-state index is 12.9. The minimum Gasteiger partial charge on any atom is -0.543 e. The molecule has 38 heavy (non-hydrogen) atoms. The molecule has 0 aliphatic carbocycles. The van der Waals surface area contributed by atoms with Crippen LogP contribution in [0.4, 0.5) is 11.4 Å². The van der Waals surface area contributed by atoms with E-state index in [1.807, 2.05) is 111 Å². The minimum absolute atomic E-state index is 0.767. The van der Waals surface area contributed by atoms with Gasteiger partial charge in [-0.2, -0.15) is 8.42 Å². The third kappa shape index (κ3) is 6.57. The van der Waals surface area contributed by atoms with Gasteiger partial charge in [-0.3, -0.25) is 0 Å². The van der Waals surface area contributed by atoms with E-state index in [4.69, 9.17) is 8.06 Å². The van der Waals surface area contributed by atoms with Crippen LogP contribution in [0.1, 0.15) is 20.8 Å². The number of benzene rings is 3. The zero-order valence-corrected chi connectivity index (χ0v) is 26.5. The number of rotatable bonds is 12. The van der Waals surface area contributed by atoms with E-state index in [9.17, 15) is 8.42 Å². The predicted octanol–water partition coefficient (Wildman–Crippen LogP) is 7.38. The second-order valence-corrected chi connectivity index (χ2v) is 19.1. The average molecular weight is 575 g/mol. The van der Waals surface area contributed by atoms with Crippen LogP contribution in [0.2, 0.25) is 18.1 Å². The highest BCUT2D eigenvalue weighted by Crippen LogP contribution is 2.70. The molecule has 0 N–H and O–H groups in total. The highest BCUT2D eigenvalue weighted by atomic mass is 32.3. The van der Waals surface area contributed by atoms with E-state index >= 15 is 0 Å². The molecule has 0 aromatic heterocycles. The van der Waals surface area contributed by atoms with Crippen LogP contribution in [-0.2, 0) is 13.7 Å². The summed E-state index contributed by atoms with van der Waals surface area (Å²) >= 11 is 0. The molecule has 0 bridgehead atoms. The molecule has 3 rings (SSSR count). The molecular formula is C29H42N2O4S2Si.